The van der Waals surface area contributed by atoms with E-state index in [1.807, 2.05) is 18.2 Å². The van der Waals surface area contributed by atoms with E-state index in [9.17, 15) is 5.11 Å². The summed E-state index contributed by atoms with van der Waals surface area (Å²) in [6, 6.07) is 8.11. The Bertz CT molecular complexity index is 408. The van der Waals surface area contributed by atoms with Gasteiger partial charge in [-0.1, -0.05) is 31.0 Å². The van der Waals surface area contributed by atoms with Crippen molar-refractivity contribution in [2.45, 2.75) is 31.3 Å². The predicted molar refractivity (Wildman–Crippen MR) is 75.0 cm³/mol. The maximum absolute atomic E-state index is 10.6. The van der Waals surface area contributed by atoms with Gasteiger partial charge in [-0.3, -0.25) is 4.99 Å². The minimum atomic E-state index is -0.698. The van der Waals surface area contributed by atoms with Crippen LogP contribution in [-0.4, -0.2) is 23.5 Å². The Morgan fingerprint density at radius 3 is 2.50 bits per heavy atom. The van der Waals surface area contributed by atoms with Crippen molar-refractivity contribution in [3.05, 3.63) is 33.4 Å². The smallest absolute Gasteiger partial charge is 0.107 e. The molecule has 2 rings (SSSR count). The summed E-state index contributed by atoms with van der Waals surface area (Å²) in [7, 11) is 1.77. The van der Waals surface area contributed by atoms with E-state index >= 15 is 0 Å². The lowest BCUT2D eigenvalue weighted by atomic mass is 9.90. The summed E-state index contributed by atoms with van der Waals surface area (Å²) in [5.41, 5.74) is 1.24. The number of hydrogen-bond acceptors (Lipinski definition) is 2. The van der Waals surface area contributed by atoms with Gasteiger partial charge in [-0.05, 0) is 41.5 Å². The molecular weight excluding hydrogens is 313 g/mol. The van der Waals surface area contributed by atoms with Gasteiger partial charge in [0.15, 0.2) is 0 Å². The van der Waals surface area contributed by atoms with E-state index in [4.69, 9.17) is 0 Å². The molecule has 0 aliphatic heterocycles. The van der Waals surface area contributed by atoms with Gasteiger partial charge < -0.3 is 5.11 Å². The Morgan fingerprint density at radius 2 is 1.94 bits per heavy atom. The molecule has 1 saturated carbocycles. The summed E-state index contributed by atoms with van der Waals surface area (Å²) in [5.74, 6) is 0. The third-order valence-electron chi connectivity index (χ3n) is 3.22. The molecule has 0 amide bonds. The van der Waals surface area contributed by atoms with Crippen molar-refractivity contribution in [1.82, 2.24) is 0 Å². The van der Waals surface area contributed by atoms with Crippen LogP contribution in [0.1, 0.15) is 31.2 Å². The van der Waals surface area contributed by atoms with Crippen molar-refractivity contribution < 1.29 is 5.11 Å². The number of hydrogen-bond donors (Lipinski definition) is 1. The third kappa shape index (κ3) is 2.15. The van der Waals surface area contributed by atoms with Crippen molar-refractivity contribution in [1.29, 1.82) is 0 Å². The van der Waals surface area contributed by atoms with E-state index < -0.39 is 5.60 Å². The first kappa shape index (κ1) is 12.0. The fourth-order valence-electron chi connectivity index (χ4n) is 2.43. The molecule has 0 spiro atoms. The monoisotopic (exact) mass is 329 g/mol. The molecule has 0 heterocycles. The minimum Gasteiger partial charge on any atom is -0.384 e. The van der Waals surface area contributed by atoms with E-state index in [1.54, 1.807) is 7.05 Å². The molecule has 0 bridgehead atoms. The minimum absolute atomic E-state index is 0.698. The molecule has 1 aliphatic carbocycles. The quantitative estimate of drug-likeness (QED) is 0.657. The normalized spacial score (nSPS) is 20.1. The fraction of sp³-hybridized carbons (Fsp3) is 0.462. The average Bonchev–Trinajstić information content (AvgIpc) is 2.70. The van der Waals surface area contributed by atoms with Crippen molar-refractivity contribution in [3.63, 3.8) is 0 Å². The molecular formula is C13H16INO. The molecule has 0 aromatic heterocycles. The highest BCUT2D eigenvalue weighted by Gasteiger charge is 2.37. The number of aliphatic imine (C=N–C) groups is 1. The summed E-state index contributed by atoms with van der Waals surface area (Å²) in [6.07, 6.45) is 3.87. The Balaban J connectivity index is 2.41. The van der Waals surface area contributed by atoms with E-state index in [1.165, 1.54) is 0 Å². The van der Waals surface area contributed by atoms with Crippen LogP contribution in [0.2, 0.25) is 0 Å². The molecule has 3 heteroatoms. The summed E-state index contributed by atoms with van der Waals surface area (Å²) in [6.45, 7) is 0. The Labute approximate surface area is 110 Å². The second kappa shape index (κ2) is 4.84. The molecule has 16 heavy (non-hydrogen) atoms. The molecule has 1 aromatic rings. The number of rotatable bonds is 2. The Morgan fingerprint density at radius 1 is 1.31 bits per heavy atom. The fourth-order valence-corrected chi connectivity index (χ4v) is 3.07. The standard InChI is InChI=1S/C13H16INO/c1-15-12(13(16)8-4-5-9-13)10-6-2-3-7-11(10)14/h2-3,6-7,16H,4-5,8-9H2,1H3. The SMILES string of the molecule is CN=C(c1ccccc1I)C1(O)CCCC1. The first-order chi connectivity index (χ1) is 7.67. The Hall–Kier alpha value is -0.420. The van der Waals surface area contributed by atoms with E-state index in [-0.39, 0.29) is 0 Å². The summed E-state index contributed by atoms with van der Waals surface area (Å²) >= 11 is 2.30. The predicted octanol–water partition coefficient (Wildman–Crippen LogP) is 3.02. The number of benzene rings is 1. The van der Waals surface area contributed by atoms with Gasteiger partial charge in [0.1, 0.15) is 5.60 Å². The maximum atomic E-state index is 10.6. The second-order valence-electron chi connectivity index (χ2n) is 4.29. The van der Waals surface area contributed by atoms with Gasteiger partial charge >= 0.3 is 0 Å². The Kier molecular flexibility index (Phi) is 3.64. The van der Waals surface area contributed by atoms with Crippen LogP contribution in [0.25, 0.3) is 0 Å². The van der Waals surface area contributed by atoms with Gasteiger partial charge in [0.25, 0.3) is 0 Å². The molecule has 1 fully saturated rings. The summed E-state index contributed by atoms with van der Waals surface area (Å²) in [4.78, 5) is 4.33. The van der Waals surface area contributed by atoms with Crippen LogP contribution in [0.5, 0.6) is 0 Å². The van der Waals surface area contributed by atoms with Crippen molar-refractivity contribution in [2.75, 3.05) is 7.05 Å². The van der Waals surface area contributed by atoms with Crippen molar-refractivity contribution in [2.24, 2.45) is 4.99 Å². The summed E-state index contributed by atoms with van der Waals surface area (Å²) in [5, 5.41) is 10.6. The molecule has 0 atom stereocenters. The molecule has 0 unspecified atom stereocenters. The molecule has 1 aromatic carbocycles. The lowest BCUT2D eigenvalue weighted by Gasteiger charge is -2.25. The molecule has 1 aliphatic rings. The highest BCUT2D eigenvalue weighted by molar-refractivity contribution is 14.1. The third-order valence-corrected chi connectivity index (χ3v) is 4.16. The van der Waals surface area contributed by atoms with Crippen LogP contribution < -0.4 is 0 Å². The second-order valence-corrected chi connectivity index (χ2v) is 5.45. The first-order valence-corrected chi connectivity index (χ1v) is 6.70. The zero-order valence-electron chi connectivity index (χ0n) is 9.41. The van der Waals surface area contributed by atoms with Gasteiger partial charge in [-0.15, -0.1) is 0 Å². The number of halogens is 1. The van der Waals surface area contributed by atoms with Gasteiger partial charge in [0, 0.05) is 16.2 Å². The van der Waals surface area contributed by atoms with E-state index in [0.717, 1.165) is 40.5 Å². The zero-order chi connectivity index (χ0) is 11.6. The maximum Gasteiger partial charge on any atom is 0.107 e. The van der Waals surface area contributed by atoms with Gasteiger partial charge in [0.2, 0.25) is 0 Å². The molecule has 0 radical (unpaired) electrons. The van der Waals surface area contributed by atoms with E-state index in [0.29, 0.717) is 0 Å². The topological polar surface area (TPSA) is 32.6 Å². The highest BCUT2D eigenvalue weighted by atomic mass is 127. The lowest BCUT2D eigenvalue weighted by molar-refractivity contribution is 0.121. The summed E-state index contributed by atoms with van der Waals surface area (Å²) < 4.78 is 1.15. The number of nitrogens with zero attached hydrogens (tertiary/aromatic N) is 1. The van der Waals surface area contributed by atoms with Crippen LogP contribution in [0.3, 0.4) is 0 Å². The molecule has 2 nitrogen and oxygen atoms in total. The highest BCUT2D eigenvalue weighted by Crippen LogP contribution is 2.34. The lowest BCUT2D eigenvalue weighted by Crippen LogP contribution is -2.36. The molecule has 86 valence electrons. The van der Waals surface area contributed by atoms with Crippen LogP contribution in [0.15, 0.2) is 29.3 Å². The van der Waals surface area contributed by atoms with Gasteiger partial charge in [0.05, 0.1) is 5.71 Å². The first-order valence-electron chi connectivity index (χ1n) is 5.62. The average molecular weight is 329 g/mol. The van der Waals surface area contributed by atoms with Crippen LogP contribution >= 0.6 is 22.6 Å². The largest absolute Gasteiger partial charge is 0.384 e. The van der Waals surface area contributed by atoms with Crippen molar-refractivity contribution in [3.8, 4) is 0 Å². The van der Waals surface area contributed by atoms with Crippen LogP contribution in [-0.2, 0) is 0 Å². The van der Waals surface area contributed by atoms with Crippen molar-refractivity contribution >= 4 is 28.3 Å². The van der Waals surface area contributed by atoms with Gasteiger partial charge in [-0.2, -0.15) is 0 Å². The van der Waals surface area contributed by atoms with Gasteiger partial charge in [-0.25, -0.2) is 0 Å². The van der Waals surface area contributed by atoms with Crippen LogP contribution in [0.4, 0.5) is 0 Å². The van der Waals surface area contributed by atoms with Crippen LogP contribution in [0, 0.1) is 3.57 Å². The number of aliphatic hydroxyl groups is 1. The molecule has 0 saturated heterocycles. The zero-order valence-corrected chi connectivity index (χ0v) is 11.6. The van der Waals surface area contributed by atoms with E-state index in [2.05, 4.69) is 33.6 Å². The molecule has 1 N–H and O–H groups in total.